The zero-order valence-electron chi connectivity index (χ0n) is 10.0. The highest BCUT2D eigenvalue weighted by atomic mass is 79.9. The maximum absolute atomic E-state index is 12.5. The molecule has 1 aromatic carbocycles. The second kappa shape index (κ2) is 5.11. The number of ketones is 1. The predicted octanol–water partition coefficient (Wildman–Crippen LogP) is 2.11. The number of aryl methyl sites for hydroxylation is 1. The monoisotopic (exact) mass is 331 g/mol. The minimum absolute atomic E-state index is 0.00567. The molecular weight excluding hydrogens is 318 g/mol. The molecule has 0 N–H and O–H groups in total. The molecule has 1 saturated heterocycles. The van der Waals surface area contributed by atoms with E-state index in [4.69, 9.17) is 0 Å². The normalized spacial score (nSPS) is 18.0. The Balaban J connectivity index is 2.41. The van der Waals surface area contributed by atoms with Gasteiger partial charge in [-0.05, 0) is 31.0 Å². The summed E-state index contributed by atoms with van der Waals surface area (Å²) in [6.45, 7) is 2.17. The van der Waals surface area contributed by atoms with Crippen molar-refractivity contribution in [1.82, 2.24) is 4.31 Å². The molecule has 4 nitrogen and oxygen atoms in total. The van der Waals surface area contributed by atoms with Crippen LogP contribution in [-0.4, -0.2) is 31.6 Å². The number of hydrogen-bond donors (Lipinski definition) is 0. The second-order valence-electron chi connectivity index (χ2n) is 4.39. The van der Waals surface area contributed by atoms with Gasteiger partial charge in [0.2, 0.25) is 10.0 Å². The first kappa shape index (κ1) is 13.7. The molecule has 0 spiro atoms. The van der Waals surface area contributed by atoms with Gasteiger partial charge in [-0.3, -0.25) is 4.79 Å². The number of halogens is 1. The van der Waals surface area contributed by atoms with E-state index in [1.807, 2.05) is 0 Å². The van der Waals surface area contributed by atoms with Crippen LogP contribution in [0.25, 0.3) is 0 Å². The van der Waals surface area contributed by atoms with Crippen LogP contribution in [0.2, 0.25) is 0 Å². The lowest BCUT2D eigenvalue weighted by molar-refractivity contribution is -0.120. The number of Topliss-reactive ketones (excluding diaryl/α,β-unsaturated/α-hetero) is 1. The van der Waals surface area contributed by atoms with Crippen molar-refractivity contribution in [3.63, 3.8) is 0 Å². The van der Waals surface area contributed by atoms with Crippen molar-refractivity contribution in [2.24, 2.45) is 0 Å². The zero-order valence-corrected chi connectivity index (χ0v) is 12.4. The van der Waals surface area contributed by atoms with Crippen molar-refractivity contribution in [2.45, 2.75) is 24.7 Å². The van der Waals surface area contributed by atoms with Gasteiger partial charge in [0.05, 0.1) is 11.4 Å². The third-order valence-electron chi connectivity index (χ3n) is 2.98. The van der Waals surface area contributed by atoms with Crippen LogP contribution in [0.5, 0.6) is 0 Å². The molecule has 0 bridgehead atoms. The molecule has 0 radical (unpaired) electrons. The fourth-order valence-electron chi connectivity index (χ4n) is 2.00. The Kier molecular flexibility index (Phi) is 3.89. The third-order valence-corrected chi connectivity index (χ3v) is 5.46. The Bertz CT molecular complexity index is 583. The molecule has 1 aromatic rings. The number of benzene rings is 1. The molecule has 98 valence electrons. The Morgan fingerprint density at radius 3 is 2.72 bits per heavy atom. The first-order chi connectivity index (χ1) is 8.41. The minimum atomic E-state index is -3.57. The average molecular weight is 332 g/mol. The molecule has 0 saturated carbocycles. The van der Waals surface area contributed by atoms with Crippen LogP contribution >= 0.6 is 15.9 Å². The van der Waals surface area contributed by atoms with Crippen LogP contribution in [0, 0.1) is 6.92 Å². The predicted molar refractivity (Wildman–Crippen MR) is 71.9 cm³/mol. The molecule has 0 aromatic heterocycles. The highest BCUT2D eigenvalue weighted by molar-refractivity contribution is 9.10. The van der Waals surface area contributed by atoms with Crippen molar-refractivity contribution in [3.05, 3.63) is 28.2 Å². The Labute approximate surface area is 115 Å². The standard InChI is InChI=1S/C12H14BrNO3S/c1-9-4-5-10(13)7-12(9)18(16,17)14-6-2-3-11(15)8-14/h4-5,7H,2-3,6,8H2,1H3. The SMILES string of the molecule is Cc1ccc(Br)cc1S(=O)(=O)N1CCCC(=O)C1. The molecule has 0 atom stereocenters. The first-order valence-corrected chi connectivity index (χ1v) is 7.92. The molecule has 2 rings (SSSR count). The van der Waals surface area contributed by atoms with Crippen molar-refractivity contribution < 1.29 is 13.2 Å². The van der Waals surface area contributed by atoms with Crippen molar-refractivity contribution >= 4 is 31.7 Å². The molecule has 0 amide bonds. The van der Waals surface area contributed by atoms with Gasteiger partial charge in [-0.2, -0.15) is 4.31 Å². The van der Waals surface area contributed by atoms with E-state index < -0.39 is 10.0 Å². The summed E-state index contributed by atoms with van der Waals surface area (Å²) in [6, 6.07) is 5.14. The smallest absolute Gasteiger partial charge is 0.243 e. The van der Waals surface area contributed by atoms with Crippen molar-refractivity contribution in [3.8, 4) is 0 Å². The van der Waals surface area contributed by atoms with Crippen LogP contribution < -0.4 is 0 Å². The van der Waals surface area contributed by atoms with Gasteiger partial charge in [0.15, 0.2) is 0 Å². The van der Waals surface area contributed by atoms with E-state index in [0.717, 1.165) is 4.47 Å². The molecule has 1 fully saturated rings. The fraction of sp³-hybridized carbons (Fsp3) is 0.417. The summed E-state index contributed by atoms with van der Waals surface area (Å²) < 4.78 is 26.9. The van der Waals surface area contributed by atoms with Crippen molar-refractivity contribution in [2.75, 3.05) is 13.1 Å². The van der Waals surface area contributed by atoms with Gasteiger partial charge in [0, 0.05) is 17.4 Å². The number of carbonyl (C=O) groups excluding carboxylic acids is 1. The van der Waals surface area contributed by atoms with Crippen molar-refractivity contribution in [1.29, 1.82) is 0 Å². The number of rotatable bonds is 2. The van der Waals surface area contributed by atoms with Gasteiger partial charge < -0.3 is 0 Å². The molecule has 0 aliphatic carbocycles. The number of sulfonamides is 1. The quantitative estimate of drug-likeness (QED) is 0.834. The maximum Gasteiger partial charge on any atom is 0.243 e. The maximum atomic E-state index is 12.5. The molecule has 18 heavy (non-hydrogen) atoms. The second-order valence-corrected chi connectivity index (χ2v) is 7.21. The van der Waals surface area contributed by atoms with Gasteiger partial charge in [0.25, 0.3) is 0 Å². The summed E-state index contributed by atoms with van der Waals surface area (Å²) in [5.41, 5.74) is 0.691. The molecule has 6 heteroatoms. The van der Waals surface area contributed by atoms with E-state index in [1.54, 1.807) is 25.1 Å². The van der Waals surface area contributed by atoms with Crippen LogP contribution in [0.15, 0.2) is 27.6 Å². The first-order valence-electron chi connectivity index (χ1n) is 5.69. The number of nitrogens with zero attached hydrogens (tertiary/aromatic N) is 1. The topological polar surface area (TPSA) is 54.5 Å². The van der Waals surface area contributed by atoms with Gasteiger partial charge in [-0.1, -0.05) is 22.0 Å². The van der Waals surface area contributed by atoms with E-state index >= 15 is 0 Å². The minimum Gasteiger partial charge on any atom is -0.298 e. The van der Waals surface area contributed by atoms with Crippen LogP contribution in [0.4, 0.5) is 0 Å². The van der Waals surface area contributed by atoms with E-state index in [9.17, 15) is 13.2 Å². The van der Waals surface area contributed by atoms with Gasteiger partial charge in [-0.15, -0.1) is 0 Å². The Morgan fingerprint density at radius 2 is 2.06 bits per heavy atom. The number of carbonyl (C=O) groups is 1. The van der Waals surface area contributed by atoms with Gasteiger partial charge in [0.1, 0.15) is 5.78 Å². The van der Waals surface area contributed by atoms with E-state index in [-0.39, 0.29) is 17.2 Å². The Morgan fingerprint density at radius 1 is 1.33 bits per heavy atom. The highest BCUT2D eigenvalue weighted by Gasteiger charge is 2.30. The highest BCUT2D eigenvalue weighted by Crippen LogP contribution is 2.25. The van der Waals surface area contributed by atoms with E-state index in [1.165, 1.54) is 4.31 Å². The summed E-state index contributed by atoms with van der Waals surface area (Å²) >= 11 is 3.27. The summed E-state index contributed by atoms with van der Waals surface area (Å²) in [5.74, 6) is -0.0162. The molecular formula is C12H14BrNO3S. The van der Waals surface area contributed by atoms with Crippen LogP contribution in [0.1, 0.15) is 18.4 Å². The fourth-order valence-corrected chi connectivity index (χ4v) is 4.23. The molecule has 0 unspecified atom stereocenters. The third kappa shape index (κ3) is 2.65. The lowest BCUT2D eigenvalue weighted by atomic mass is 10.1. The Hall–Kier alpha value is -0.720. The largest absolute Gasteiger partial charge is 0.298 e. The molecule has 1 aliphatic rings. The summed E-state index contributed by atoms with van der Waals surface area (Å²) in [6.07, 6.45) is 1.08. The summed E-state index contributed by atoms with van der Waals surface area (Å²) in [5, 5.41) is 0. The average Bonchev–Trinajstić information content (AvgIpc) is 2.32. The lowest BCUT2D eigenvalue weighted by Gasteiger charge is -2.25. The van der Waals surface area contributed by atoms with Crippen LogP contribution in [-0.2, 0) is 14.8 Å². The number of hydrogen-bond acceptors (Lipinski definition) is 3. The number of piperidine rings is 1. The summed E-state index contributed by atoms with van der Waals surface area (Å²) in [4.78, 5) is 11.7. The van der Waals surface area contributed by atoms with E-state index in [0.29, 0.717) is 24.9 Å². The van der Waals surface area contributed by atoms with Gasteiger partial charge in [-0.25, -0.2) is 8.42 Å². The van der Waals surface area contributed by atoms with Crippen LogP contribution in [0.3, 0.4) is 0 Å². The molecule has 1 aliphatic heterocycles. The lowest BCUT2D eigenvalue weighted by Crippen LogP contribution is -2.40. The zero-order chi connectivity index (χ0) is 13.3. The summed E-state index contributed by atoms with van der Waals surface area (Å²) in [7, 11) is -3.57. The van der Waals surface area contributed by atoms with Gasteiger partial charge >= 0.3 is 0 Å². The molecule has 1 heterocycles. The van der Waals surface area contributed by atoms with E-state index in [2.05, 4.69) is 15.9 Å².